The van der Waals surface area contributed by atoms with Crippen molar-refractivity contribution in [3.63, 3.8) is 0 Å². The van der Waals surface area contributed by atoms with Gasteiger partial charge in [0.1, 0.15) is 0 Å². The maximum Gasteiger partial charge on any atom is 2.00 e. The minimum Gasteiger partial charge on any atom is -0.660 e. The van der Waals surface area contributed by atoms with Crippen molar-refractivity contribution < 1.29 is 17.1 Å². The number of hydrogen-bond donors (Lipinski definition) is 0. The molecule has 0 saturated heterocycles. The van der Waals surface area contributed by atoms with Gasteiger partial charge < -0.3 is 9.97 Å². The summed E-state index contributed by atoms with van der Waals surface area (Å²) in [6.45, 7) is 24.6. The molecule has 0 aliphatic carbocycles. The van der Waals surface area contributed by atoms with Crippen LogP contribution in [-0.4, -0.2) is 9.97 Å². The molecule has 2 aromatic heterocycles. The predicted octanol–water partition coefficient (Wildman–Crippen LogP) is 11.0. The SMILES string of the molecule is C=C1c2[n-]c(cc3nc(cc4[n-]c(cc5nc(c2-c2ccc(C)cc2)C(C)=C5C)c(C)c4CC)C(CC)=C3C)C1(C)Cc1ccc(C)cc1.[Cu+2]. The first-order valence-corrected chi connectivity index (χ1v) is 17.6. The van der Waals surface area contributed by atoms with Gasteiger partial charge in [0.05, 0.1) is 22.8 Å². The second-order valence-electron chi connectivity index (χ2n) is 14.3. The maximum absolute atomic E-state index is 5.56. The molecule has 4 aromatic rings. The Labute approximate surface area is 308 Å². The van der Waals surface area contributed by atoms with Gasteiger partial charge in [0.15, 0.2) is 0 Å². The van der Waals surface area contributed by atoms with Crippen LogP contribution in [-0.2, 0) is 35.3 Å². The number of fused-ring (bicyclic) bond motifs is 8. The van der Waals surface area contributed by atoms with Crippen molar-refractivity contribution in [3.05, 3.63) is 135 Å². The summed E-state index contributed by atoms with van der Waals surface area (Å²) in [6.07, 6.45) is 2.56. The molecule has 3 aliphatic rings. The van der Waals surface area contributed by atoms with Crippen molar-refractivity contribution >= 4 is 38.9 Å². The molecule has 4 nitrogen and oxygen atoms in total. The fourth-order valence-corrected chi connectivity index (χ4v) is 7.64. The Morgan fingerprint density at radius 1 is 0.680 bits per heavy atom. The number of aromatic nitrogens is 4. The average Bonchev–Trinajstić information content (AvgIpc) is 3.72. The number of nitrogens with zero attached hydrogens (tertiary/aromatic N) is 4. The molecular weight excluding hydrogens is 660 g/mol. The van der Waals surface area contributed by atoms with Gasteiger partial charge in [0, 0.05) is 0 Å². The molecule has 7 rings (SSSR count). The second kappa shape index (κ2) is 13.4. The third-order valence-electron chi connectivity index (χ3n) is 11.1. The molecule has 5 heterocycles. The zero-order valence-corrected chi connectivity index (χ0v) is 31.7. The fraction of sp³-hybridized carbons (Fsp3) is 0.289. The number of hydrogen-bond acceptors (Lipinski definition) is 2. The van der Waals surface area contributed by atoms with Crippen LogP contribution < -0.4 is 9.97 Å². The first-order valence-electron chi connectivity index (χ1n) is 17.6. The van der Waals surface area contributed by atoms with E-state index in [1.807, 2.05) is 0 Å². The molecular formula is C45H46CuN4. The van der Waals surface area contributed by atoms with E-state index in [0.29, 0.717) is 0 Å². The largest absolute Gasteiger partial charge is 2.00 e. The summed E-state index contributed by atoms with van der Waals surface area (Å²) >= 11 is 0. The van der Waals surface area contributed by atoms with E-state index < -0.39 is 5.41 Å². The summed E-state index contributed by atoms with van der Waals surface area (Å²) in [4.78, 5) is 21.5. The zero-order valence-electron chi connectivity index (χ0n) is 30.8. The van der Waals surface area contributed by atoms with Gasteiger partial charge >= 0.3 is 17.1 Å². The molecule has 0 N–H and O–H groups in total. The van der Waals surface area contributed by atoms with Crippen LogP contribution in [0.15, 0.2) is 73.3 Å². The van der Waals surface area contributed by atoms with E-state index in [-0.39, 0.29) is 17.1 Å². The second-order valence-corrected chi connectivity index (χ2v) is 14.3. The molecule has 257 valence electrons. The van der Waals surface area contributed by atoms with Crippen LogP contribution >= 0.6 is 0 Å². The monoisotopic (exact) mass is 705 g/mol. The van der Waals surface area contributed by atoms with Crippen molar-refractivity contribution in [3.8, 4) is 11.1 Å². The summed E-state index contributed by atoms with van der Waals surface area (Å²) in [5.41, 5.74) is 21.3. The fourth-order valence-electron chi connectivity index (χ4n) is 7.64. The first-order chi connectivity index (χ1) is 23.4. The van der Waals surface area contributed by atoms with E-state index in [1.165, 1.54) is 39.0 Å². The van der Waals surface area contributed by atoms with Crippen LogP contribution in [0.2, 0.25) is 0 Å². The van der Waals surface area contributed by atoms with Gasteiger partial charge in [-0.3, -0.25) is 0 Å². The molecule has 1 atom stereocenters. The van der Waals surface area contributed by atoms with Crippen LogP contribution in [0.5, 0.6) is 0 Å². The maximum atomic E-state index is 5.56. The summed E-state index contributed by atoms with van der Waals surface area (Å²) in [5.74, 6) is 0. The molecule has 0 fully saturated rings. The van der Waals surface area contributed by atoms with Crippen molar-refractivity contribution in [2.75, 3.05) is 0 Å². The van der Waals surface area contributed by atoms with Crippen LogP contribution in [0, 0.1) is 20.8 Å². The molecule has 3 aliphatic heterocycles. The van der Waals surface area contributed by atoms with Gasteiger partial charge in [-0.1, -0.05) is 122 Å². The molecule has 5 heteroatoms. The van der Waals surface area contributed by atoms with Gasteiger partial charge in [-0.05, 0) is 105 Å². The summed E-state index contributed by atoms with van der Waals surface area (Å²) < 4.78 is 0. The number of aryl methyl sites for hydroxylation is 4. The third-order valence-corrected chi connectivity index (χ3v) is 11.1. The minimum atomic E-state index is -0.463. The first kappa shape index (κ1) is 35.4. The molecule has 0 spiro atoms. The smallest absolute Gasteiger partial charge is 0.660 e. The molecule has 2 aromatic carbocycles. The molecule has 0 saturated carbocycles. The van der Waals surface area contributed by atoms with Gasteiger partial charge in [-0.15, -0.1) is 22.4 Å². The Hall–Kier alpha value is -4.44. The van der Waals surface area contributed by atoms with Gasteiger partial charge in [-0.25, -0.2) is 9.97 Å². The van der Waals surface area contributed by atoms with Crippen molar-refractivity contribution in [2.24, 2.45) is 0 Å². The van der Waals surface area contributed by atoms with Crippen LogP contribution in [0.1, 0.15) is 110 Å². The third kappa shape index (κ3) is 5.81. The van der Waals surface area contributed by atoms with Crippen molar-refractivity contribution in [1.29, 1.82) is 0 Å². The number of allylic oxidation sites excluding steroid dienone is 5. The molecule has 50 heavy (non-hydrogen) atoms. The van der Waals surface area contributed by atoms with Crippen LogP contribution in [0.3, 0.4) is 0 Å². The van der Waals surface area contributed by atoms with E-state index >= 15 is 0 Å². The molecule has 8 bridgehead atoms. The van der Waals surface area contributed by atoms with E-state index in [0.717, 1.165) is 92.3 Å². The average molecular weight is 706 g/mol. The number of rotatable bonds is 5. The molecule has 0 amide bonds. The van der Waals surface area contributed by atoms with E-state index in [2.05, 4.69) is 129 Å². The normalized spacial score (nSPS) is 16.5. The standard InChI is InChI=1S/C45H46N4.Cu/c1-11-34-29(7)37-21-36-27(5)28(6)43(48-36)42(33-19-15-26(4)16-20-33)44-31(9)45(10,24-32-17-13-25(3)14-18-32)41(49-44)23-38-30(8)35(12-2)40(47-38)22-39(34)46-37;/h13-23H,9,11-12,24H2,1-8,10H3;/q-2;+2. The predicted molar refractivity (Wildman–Crippen MR) is 207 cm³/mol. The van der Waals surface area contributed by atoms with Crippen molar-refractivity contribution in [1.82, 2.24) is 19.9 Å². The Kier molecular flexibility index (Phi) is 9.45. The Morgan fingerprint density at radius 2 is 1.30 bits per heavy atom. The van der Waals surface area contributed by atoms with Gasteiger partial charge in [-0.2, -0.15) is 0 Å². The van der Waals surface area contributed by atoms with Crippen molar-refractivity contribution in [2.45, 2.75) is 87.0 Å². The summed E-state index contributed by atoms with van der Waals surface area (Å²) in [5, 5.41) is 0. The molecule has 1 radical (unpaired) electrons. The summed E-state index contributed by atoms with van der Waals surface area (Å²) in [7, 11) is 0. The van der Waals surface area contributed by atoms with E-state index in [1.54, 1.807) is 0 Å². The van der Waals surface area contributed by atoms with Crippen LogP contribution in [0.4, 0.5) is 0 Å². The quantitative estimate of drug-likeness (QED) is 0.194. The molecule has 1 unspecified atom stereocenters. The topological polar surface area (TPSA) is 54.0 Å². The Bertz CT molecular complexity index is 2290. The Morgan fingerprint density at radius 3 is 1.94 bits per heavy atom. The van der Waals surface area contributed by atoms with E-state index in [4.69, 9.17) is 26.5 Å². The van der Waals surface area contributed by atoms with Crippen LogP contribution in [0.25, 0.3) is 50.0 Å². The Balaban J connectivity index is 0.00000432. The van der Waals surface area contributed by atoms with Gasteiger partial charge in [0.2, 0.25) is 0 Å². The summed E-state index contributed by atoms with van der Waals surface area (Å²) in [6, 6.07) is 24.2. The van der Waals surface area contributed by atoms with E-state index in [9.17, 15) is 0 Å². The number of benzene rings is 2. The zero-order chi connectivity index (χ0) is 34.8. The minimum absolute atomic E-state index is 0. The van der Waals surface area contributed by atoms with Gasteiger partial charge in [0.25, 0.3) is 0 Å².